The molecule has 2 aromatic rings. The van der Waals surface area contributed by atoms with E-state index in [-0.39, 0.29) is 60.2 Å². The normalized spacial score (nSPS) is 16.6. The van der Waals surface area contributed by atoms with Gasteiger partial charge in [0.15, 0.2) is 5.78 Å². The van der Waals surface area contributed by atoms with Gasteiger partial charge in [-0.3, -0.25) is 4.79 Å². The molecule has 0 aromatic heterocycles. The fourth-order valence-electron chi connectivity index (χ4n) is 2.30. The van der Waals surface area contributed by atoms with Gasteiger partial charge < -0.3 is 20.1 Å². The van der Waals surface area contributed by atoms with Crippen LogP contribution >= 0.6 is 0 Å². The summed E-state index contributed by atoms with van der Waals surface area (Å²) in [6, 6.07) is 8.78. The second kappa shape index (κ2) is 5.74. The van der Waals surface area contributed by atoms with Crippen LogP contribution in [0.4, 0.5) is 0 Å². The van der Waals surface area contributed by atoms with Gasteiger partial charge in [0.25, 0.3) is 0 Å². The minimum Gasteiger partial charge on any atom is -0.508 e. The zero-order chi connectivity index (χ0) is 14.3. The molecule has 1 aliphatic heterocycles. The van der Waals surface area contributed by atoms with Crippen LogP contribution in [0, 0.1) is 0 Å². The minimum atomic E-state index is -0.503. The molecule has 0 saturated heterocycles. The smallest absolute Gasteiger partial charge is 0.174 e. The number of rotatable bonds is 1. The van der Waals surface area contributed by atoms with Gasteiger partial charge in [0.1, 0.15) is 34.7 Å². The molecule has 0 amide bonds. The number of carbonyl (C=O) groups is 1. The molecule has 0 radical (unpaired) electrons. The second-order valence-corrected chi connectivity index (χ2v) is 4.66. The Morgan fingerprint density at radius 1 is 1.00 bits per heavy atom. The Balaban J connectivity index is 0.00000161. The van der Waals surface area contributed by atoms with Crippen LogP contribution in [-0.2, 0) is 19.5 Å². The fraction of sp³-hybridized carbons (Fsp3) is 0.133. The molecular formula is C15H12O5Zn. The van der Waals surface area contributed by atoms with Crippen LogP contribution in [0.2, 0.25) is 0 Å². The number of benzene rings is 2. The molecular weight excluding hydrogens is 326 g/mol. The van der Waals surface area contributed by atoms with Crippen molar-refractivity contribution in [2.75, 3.05) is 0 Å². The molecule has 0 aliphatic carbocycles. The van der Waals surface area contributed by atoms with Crippen molar-refractivity contribution >= 4 is 5.78 Å². The van der Waals surface area contributed by atoms with E-state index in [1.54, 1.807) is 12.1 Å². The number of ether oxygens (including phenoxy) is 1. The van der Waals surface area contributed by atoms with Crippen LogP contribution in [0.15, 0.2) is 36.4 Å². The molecule has 1 atom stereocenters. The van der Waals surface area contributed by atoms with Gasteiger partial charge in [0.2, 0.25) is 0 Å². The van der Waals surface area contributed by atoms with Crippen molar-refractivity contribution in [1.29, 1.82) is 0 Å². The van der Waals surface area contributed by atoms with E-state index in [9.17, 15) is 20.1 Å². The molecule has 5 nitrogen and oxygen atoms in total. The Morgan fingerprint density at radius 2 is 1.67 bits per heavy atom. The third-order valence-electron chi connectivity index (χ3n) is 3.25. The average molecular weight is 338 g/mol. The van der Waals surface area contributed by atoms with Crippen LogP contribution in [0.3, 0.4) is 0 Å². The fourth-order valence-corrected chi connectivity index (χ4v) is 2.30. The summed E-state index contributed by atoms with van der Waals surface area (Å²) in [7, 11) is 0. The van der Waals surface area contributed by atoms with Crippen molar-refractivity contribution in [3.63, 3.8) is 0 Å². The number of hydrogen-bond acceptors (Lipinski definition) is 5. The summed E-state index contributed by atoms with van der Waals surface area (Å²) in [5.41, 5.74) is 0.836. The van der Waals surface area contributed by atoms with Gasteiger partial charge >= 0.3 is 0 Å². The summed E-state index contributed by atoms with van der Waals surface area (Å²) < 4.78 is 5.67. The summed E-state index contributed by atoms with van der Waals surface area (Å²) >= 11 is 0. The standard InChI is InChI=1S/C15H12O5.Zn/c16-9-3-1-8(2-4-9)13-7-12(19)15-11(18)5-10(17)6-14(15)20-13;/h1-6,13,16-18H,7H2;/t13-;/m0./s1. The van der Waals surface area contributed by atoms with E-state index in [0.717, 1.165) is 11.6 Å². The zero-order valence-corrected chi connectivity index (χ0v) is 14.1. The number of phenols is 3. The van der Waals surface area contributed by atoms with Gasteiger partial charge in [-0.15, -0.1) is 0 Å². The number of carbonyl (C=O) groups excluding carboxylic acids is 1. The maximum absolute atomic E-state index is 12.1. The molecule has 0 saturated carbocycles. The Morgan fingerprint density at radius 3 is 2.33 bits per heavy atom. The Hall–Kier alpha value is -2.07. The molecule has 21 heavy (non-hydrogen) atoms. The van der Waals surface area contributed by atoms with E-state index >= 15 is 0 Å². The molecule has 1 aliphatic rings. The van der Waals surface area contributed by atoms with Crippen LogP contribution in [-0.4, -0.2) is 21.1 Å². The van der Waals surface area contributed by atoms with E-state index in [0.29, 0.717) is 0 Å². The van der Waals surface area contributed by atoms with Gasteiger partial charge in [-0.05, 0) is 17.7 Å². The number of ketones is 1. The predicted molar refractivity (Wildman–Crippen MR) is 70.2 cm³/mol. The van der Waals surface area contributed by atoms with Crippen molar-refractivity contribution in [2.24, 2.45) is 0 Å². The quantitative estimate of drug-likeness (QED) is 0.696. The Bertz CT molecular complexity index is 681. The van der Waals surface area contributed by atoms with E-state index in [1.165, 1.54) is 18.2 Å². The van der Waals surface area contributed by atoms with E-state index in [2.05, 4.69) is 0 Å². The van der Waals surface area contributed by atoms with Gasteiger partial charge in [-0.2, -0.15) is 0 Å². The summed E-state index contributed by atoms with van der Waals surface area (Å²) in [6.45, 7) is 0. The zero-order valence-electron chi connectivity index (χ0n) is 11.1. The SMILES string of the molecule is O=C1C[C@@H](c2ccc(O)cc2)Oc2cc(O)cc(O)c21.[Zn]. The molecule has 3 rings (SSSR count). The maximum Gasteiger partial charge on any atom is 0.174 e. The predicted octanol–water partition coefficient (Wildman–Crippen LogP) is 2.51. The van der Waals surface area contributed by atoms with Crippen molar-refractivity contribution in [3.05, 3.63) is 47.5 Å². The third kappa shape index (κ3) is 2.85. The van der Waals surface area contributed by atoms with Crippen molar-refractivity contribution in [1.82, 2.24) is 0 Å². The van der Waals surface area contributed by atoms with Gasteiger partial charge in [0.05, 0.1) is 6.42 Å². The Kier molecular flexibility index (Phi) is 4.19. The van der Waals surface area contributed by atoms with Crippen LogP contribution < -0.4 is 4.74 Å². The summed E-state index contributed by atoms with van der Waals surface area (Å²) in [5.74, 6) is -0.403. The Labute approximate surface area is 133 Å². The molecule has 2 aromatic carbocycles. The molecule has 104 valence electrons. The van der Waals surface area contributed by atoms with Crippen LogP contribution in [0.5, 0.6) is 23.0 Å². The van der Waals surface area contributed by atoms with Gasteiger partial charge in [0, 0.05) is 31.6 Å². The van der Waals surface area contributed by atoms with Crippen molar-refractivity contribution < 1.29 is 44.3 Å². The number of aromatic hydroxyl groups is 3. The van der Waals surface area contributed by atoms with E-state index in [1.807, 2.05) is 0 Å². The molecule has 3 N–H and O–H groups in total. The first-order valence-electron chi connectivity index (χ1n) is 6.09. The van der Waals surface area contributed by atoms with Crippen LogP contribution in [0.1, 0.15) is 28.4 Å². The molecule has 0 fully saturated rings. The monoisotopic (exact) mass is 336 g/mol. The third-order valence-corrected chi connectivity index (χ3v) is 3.25. The van der Waals surface area contributed by atoms with Crippen molar-refractivity contribution in [2.45, 2.75) is 12.5 Å². The first kappa shape index (κ1) is 15.3. The van der Waals surface area contributed by atoms with Crippen LogP contribution in [0.25, 0.3) is 0 Å². The molecule has 1 heterocycles. The summed E-state index contributed by atoms with van der Waals surface area (Å²) in [4.78, 5) is 12.1. The minimum absolute atomic E-state index is 0. The number of Topliss-reactive ketones (excluding diaryl/α,β-unsaturated/α-hetero) is 1. The van der Waals surface area contributed by atoms with Gasteiger partial charge in [-0.25, -0.2) is 0 Å². The number of phenolic OH excluding ortho intramolecular Hbond substituents is 3. The first-order valence-corrected chi connectivity index (χ1v) is 6.09. The maximum atomic E-state index is 12.1. The summed E-state index contributed by atoms with van der Waals surface area (Å²) in [5, 5.41) is 28.4. The number of fused-ring (bicyclic) bond motifs is 1. The second-order valence-electron chi connectivity index (χ2n) is 4.66. The number of hydrogen-bond donors (Lipinski definition) is 3. The van der Waals surface area contributed by atoms with Gasteiger partial charge in [-0.1, -0.05) is 12.1 Å². The average Bonchev–Trinajstić information content (AvgIpc) is 2.38. The molecule has 0 unspecified atom stereocenters. The molecule has 6 heteroatoms. The molecule has 0 spiro atoms. The topological polar surface area (TPSA) is 87.0 Å². The summed E-state index contributed by atoms with van der Waals surface area (Å²) in [6.07, 6.45) is -0.410. The molecule has 0 bridgehead atoms. The first-order chi connectivity index (χ1) is 9.54. The van der Waals surface area contributed by atoms with E-state index in [4.69, 9.17) is 4.74 Å². The van der Waals surface area contributed by atoms with E-state index < -0.39 is 6.10 Å². The largest absolute Gasteiger partial charge is 0.508 e. The van der Waals surface area contributed by atoms with Crippen molar-refractivity contribution in [3.8, 4) is 23.0 Å².